The number of methoxy groups -OCH3 is 1. The molecule has 1 atom stereocenters. The number of aliphatic carboxylic acids is 1. The highest BCUT2D eigenvalue weighted by Gasteiger charge is 2.36. The number of piperidine rings is 1. The van der Waals surface area contributed by atoms with E-state index in [1.165, 1.54) is 0 Å². The van der Waals surface area contributed by atoms with E-state index < -0.39 is 17.7 Å². The summed E-state index contributed by atoms with van der Waals surface area (Å²) in [4.78, 5) is 19.9. The van der Waals surface area contributed by atoms with Crippen molar-refractivity contribution in [2.45, 2.75) is 79.6 Å². The summed E-state index contributed by atoms with van der Waals surface area (Å²) in [6.45, 7) is 16.2. The lowest BCUT2D eigenvalue weighted by molar-refractivity contribution is -0.160. The van der Waals surface area contributed by atoms with E-state index in [4.69, 9.17) is 19.2 Å². The minimum Gasteiger partial charge on any atom is -0.497 e. The minimum atomic E-state index is -1.14. The molecule has 4 rings (SSSR count). The molecule has 0 spiro atoms. The number of pyridine rings is 1. The number of carboxylic acid groups (broad SMARTS) is 1. The lowest BCUT2D eigenvalue weighted by atomic mass is 9.82. The van der Waals surface area contributed by atoms with Crippen LogP contribution in [0.4, 0.5) is 5.69 Å². The third-order valence-corrected chi connectivity index (χ3v) is 7.68. The van der Waals surface area contributed by atoms with E-state index >= 15 is 0 Å². The van der Waals surface area contributed by atoms with Gasteiger partial charge in [-0.3, -0.25) is 4.98 Å². The van der Waals surface area contributed by atoms with Crippen molar-refractivity contribution in [2.75, 3.05) is 25.1 Å². The molecule has 1 aromatic heterocycles. The number of nitrogens with zero attached hydrogens (tertiary/aromatic N) is 2. The molecule has 1 aliphatic rings. The number of anilines is 1. The number of benzene rings is 2. The molecular formula is C34H44N2O5. The van der Waals surface area contributed by atoms with E-state index in [9.17, 15) is 9.90 Å². The molecular weight excluding hydrogens is 516 g/mol. The van der Waals surface area contributed by atoms with E-state index in [-0.39, 0.29) is 5.41 Å². The second-order valence-electron chi connectivity index (χ2n) is 12.7. The lowest BCUT2D eigenvalue weighted by Gasteiger charge is -2.41. The van der Waals surface area contributed by atoms with Crippen LogP contribution in [-0.4, -0.2) is 41.9 Å². The van der Waals surface area contributed by atoms with Gasteiger partial charge in [0.25, 0.3) is 0 Å². The number of carbonyl (C=O) groups is 1. The van der Waals surface area contributed by atoms with Crippen LogP contribution >= 0.6 is 0 Å². The molecule has 220 valence electrons. The maximum Gasteiger partial charge on any atom is 0.337 e. The monoisotopic (exact) mass is 560 g/mol. The van der Waals surface area contributed by atoms with Gasteiger partial charge in [0.15, 0.2) is 6.10 Å². The molecule has 0 radical (unpaired) electrons. The molecule has 7 nitrogen and oxygen atoms in total. The summed E-state index contributed by atoms with van der Waals surface area (Å²) in [5, 5.41) is 10.4. The highest BCUT2D eigenvalue weighted by Crippen LogP contribution is 2.45. The second kappa shape index (κ2) is 12.1. The molecule has 7 heteroatoms. The first kappa shape index (κ1) is 30.4. The van der Waals surface area contributed by atoms with Gasteiger partial charge in [-0.25, -0.2) is 4.79 Å². The zero-order valence-corrected chi connectivity index (χ0v) is 25.7. The summed E-state index contributed by atoms with van der Waals surface area (Å²) in [7, 11) is 1.65. The van der Waals surface area contributed by atoms with Crippen LogP contribution in [0, 0.1) is 19.3 Å². The molecule has 1 aliphatic heterocycles. The van der Waals surface area contributed by atoms with Crippen molar-refractivity contribution in [3.8, 4) is 22.6 Å². The van der Waals surface area contributed by atoms with Crippen molar-refractivity contribution in [2.24, 2.45) is 5.41 Å². The van der Waals surface area contributed by atoms with Gasteiger partial charge in [0.1, 0.15) is 18.1 Å². The van der Waals surface area contributed by atoms with Crippen molar-refractivity contribution in [3.63, 3.8) is 0 Å². The molecule has 2 aromatic carbocycles. The number of hydrogen-bond acceptors (Lipinski definition) is 6. The summed E-state index contributed by atoms with van der Waals surface area (Å²) >= 11 is 0. The number of carboxylic acids is 1. The zero-order valence-electron chi connectivity index (χ0n) is 25.7. The largest absolute Gasteiger partial charge is 0.497 e. The van der Waals surface area contributed by atoms with Gasteiger partial charge in [0, 0.05) is 35.6 Å². The molecule has 1 unspecified atom stereocenters. The van der Waals surface area contributed by atoms with Crippen LogP contribution in [0.2, 0.25) is 0 Å². The standard InChI is InChI=1S/C34H44N2O5/c1-22-28(25-11-15-27(16-12-25)40-21-24-9-13-26(39-8)14-10-24)30(36-19-17-34(6,7)18-20-36)29(23(2)35-22)31(32(37)38)41-33(3,4)5/h9-16,31H,17-21H2,1-8H3,(H,37,38). The SMILES string of the molecule is COc1ccc(COc2ccc(-c3c(C)nc(C)c(C(OC(C)(C)C)C(=O)O)c3N3CCC(C)(C)CC3)cc2)cc1. The quantitative estimate of drug-likeness (QED) is 0.290. The number of rotatable bonds is 9. The topological polar surface area (TPSA) is 81.1 Å². The molecule has 41 heavy (non-hydrogen) atoms. The number of aryl methyl sites for hydroxylation is 2. The average molecular weight is 561 g/mol. The molecule has 0 bridgehead atoms. The first-order chi connectivity index (χ1) is 19.3. The molecule has 1 N–H and O–H groups in total. The highest BCUT2D eigenvalue weighted by molar-refractivity contribution is 5.88. The van der Waals surface area contributed by atoms with Crippen LogP contribution in [0.25, 0.3) is 11.1 Å². The molecule has 0 amide bonds. The van der Waals surface area contributed by atoms with Crippen LogP contribution in [0.5, 0.6) is 11.5 Å². The summed E-state index contributed by atoms with van der Waals surface area (Å²) < 4.78 is 17.5. The Bertz CT molecular complexity index is 1350. The van der Waals surface area contributed by atoms with Crippen molar-refractivity contribution in [1.82, 2.24) is 4.98 Å². The van der Waals surface area contributed by atoms with Crippen molar-refractivity contribution in [3.05, 3.63) is 71.0 Å². The van der Waals surface area contributed by atoms with Gasteiger partial charge in [-0.1, -0.05) is 38.1 Å². The van der Waals surface area contributed by atoms with Gasteiger partial charge >= 0.3 is 5.97 Å². The van der Waals surface area contributed by atoms with E-state index in [1.807, 2.05) is 83.1 Å². The Balaban J connectivity index is 1.75. The smallest absolute Gasteiger partial charge is 0.337 e. The summed E-state index contributed by atoms with van der Waals surface area (Å²) in [6, 6.07) is 15.8. The van der Waals surface area contributed by atoms with E-state index in [2.05, 4.69) is 18.7 Å². The molecule has 0 aliphatic carbocycles. The summed E-state index contributed by atoms with van der Waals surface area (Å²) in [5.41, 5.74) is 5.63. The van der Waals surface area contributed by atoms with Gasteiger partial charge in [0.2, 0.25) is 0 Å². The van der Waals surface area contributed by atoms with Crippen molar-refractivity contribution >= 4 is 11.7 Å². The number of aromatic nitrogens is 1. The van der Waals surface area contributed by atoms with Crippen molar-refractivity contribution < 1.29 is 24.1 Å². The highest BCUT2D eigenvalue weighted by atomic mass is 16.5. The van der Waals surface area contributed by atoms with Crippen LogP contribution in [-0.2, 0) is 16.1 Å². The fraction of sp³-hybridized carbons (Fsp3) is 0.471. The fourth-order valence-corrected chi connectivity index (χ4v) is 5.36. The lowest BCUT2D eigenvalue weighted by Crippen LogP contribution is -2.39. The van der Waals surface area contributed by atoms with Crippen LogP contribution in [0.1, 0.15) is 76.1 Å². The van der Waals surface area contributed by atoms with Gasteiger partial charge < -0.3 is 24.2 Å². The Morgan fingerprint density at radius 2 is 1.56 bits per heavy atom. The Hall–Kier alpha value is -3.58. The third-order valence-electron chi connectivity index (χ3n) is 7.68. The second-order valence-corrected chi connectivity index (χ2v) is 12.7. The maximum atomic E-state index is 12.7. The van der Waals surface area contributed by atoms with Crippen molar-refractivity contribution in [1.29, 1.82) is 0 Å². The number of hydrogen-bond donors (Lipinski definition) is 1. The molecule has 0 saturated carbocycles. The maximum absolute atomic E-state index is 12.7. The number of ether oxygens (including phenoxy) is 3. The molecule has 2 heterocycles. The van der Waals surface area contributed by atoms with E-state index in [0.717, 1.165) is 65.5 Å². The van der Waals surface area contributed by atoms with Gasteiger partial charge in [0.05, 0.1) is 18.4 Å². The Morgan fingerprint density at radius 1 is 0.976 bits per heavy atom. The van der Waals surface area contributed by atoms with Crippen LogP contribution in [0.3, 0.4) is 0 Å². The van der Waals surface area contributed by atoms with E-state index in [0.29, 0.717) is 17.9 Å². The Kier molecular flexibility index (Phi) is 8.97. The predicted octanol–water partition coefficient (Wildman–Crippen LogP) is 7.52. The first-order valence-corrected chi connectivity index (χ1v) is 14.3. The van der Waals surface area contributed by atoms with Gasteiger partial charge in [-0.2, -0.15) is 0 Å². The summed E-state index contributed by atoms with van der Waals surface area (Å²) in [5.74, 6) is 0.550. The predicted molar refractivity (Wildman–Crippen MR) is 163 cm³/mol. The Morgan fingerprint density at radius 3 is 2.10 bits per heavy atom. The molecule has 1 fully saturated rings. The van der Waals surface area contributed by atoms with Crippen LogP contribution < -0.4 is 14.4 Å². The fourth-order valence-electron chi connectivity index (χ4n) is 5.36. The average Bonchev–Trinajstić information content (AvgIpc) is 2.91. The minimum absolute atomic E-state index is 0.241. The Labute approximate surface area is 244 Å². The normalized spacial score (nSPS) is 15.9. The van der Waals surface area contributed by atoms with Gasteiger partial charge in [-0.05, 0) is 88.3 Å². The first-order valence-electron chi connectivity index (χ1n) is 14.3. The third kappa shape index (κ3) is 7.39. The summed E-state index contributed by atoms with van der Waals surface area (Å²) in [6.07, 6.45) is 0.892. The van der Waals surface area contributed by atoms with Crippen LogP contribution in [0.15, 0.2) is 48.5 Å². The zero-order chi connectivity index (χ0) is 29.9. The van der Waals surface area contributed by atoms with E-state index in [1.54, 1.807) is 7.11 Å². The molecule has 1 saturated heterocycles. The van der Waals surface area contributed by atoms with Gasteiger partial charge in [-0.15, -0.1) is 0 Å². The molecule has 3 aromatic rings.